The number of carbonyl (C=O) groups excluding carboxylic acids is 1. The summed E-state index contributed by atoms with van der Waals surface area (Å²) in [5.41, 5.74) is 0.391. The van der Waals surface area contributed by atoms with Gasteiger partial charge >= 0.3 is 0 Å². The lowest BCUT2D eigenvalue weighted by molar-refractivity contribution is -0.120. The van der Waals surface area contributed by atoms with Gasteiger partial charge in [0.25, 0.3) is 0 Å². The molecule has 1 fully saturated rings. The lowest BCUT2D eigenvalue weighted by Crippen LogP contribution is -2.22. The summed E-state index contributed by atoms with van der Waals surface area (Å²) >= 11 is 0. The molecule has 1 rings (SSSR count). The maximum atomic E-state index is 11.6. The van der Waals surface area contributed by atoms with E-state index in [2.05, 4.69) is 33.0 Å². The smallest absolute Gasteiger partial charge is 0.150 e. The van der Waals surface area contributed by atoms with E-state index in [0.717, 1.165) is 0 Å². The second-order valence-corrected chi connectivity index (χ2v) is 4.87. The molecule has 0 bridgehead atoms. The van der Waals surface area contributed by atoms with Crippen molar-refractivity contribution in [1.29, 1.82) is 0 Å². The molecule has 2 nitrogen and oxygen atoms in total. The van der Waals surface area contributed by atoms with Crippen molar-refractivity contribution in [2.45, 2.75) is 27.7 Å². The van der Waals surface area contributed by atoms with Gasteiger partial charge in [0.05, 0.1) is 6.54 Å². The quantitative estimate of drug-likeness (QED) is 0.693. The molecule has 0 saturated heterocycles. The molecule has 1 aliphatic rings. The molecule has 1 N–H and O–H groups in total. The van der Waals surface area contributed by atoms with Crippen molar-refractivity contribution in [3.63, 3.8) is 0 Å². The molecule has 0 spiro atoms. The monoisotopic (exact) mass is 169 g/mol. The van der Waals surface area contributed by atoms with Crippen LogP contribution in [0.15, 0.2) is 0 Å². The molecule has 2 heteroatoms. The number of carbonyl (C=O) groups is 1. The third-order valence-corrected chi connectivity index (χ3v) is 3.69. The third-order valence-electron chi connectivity index (χ3n) is 3.69. The Morgan fingerprint density at radius 1 is 1.25 bits per heavy atom. The molecule has 12 heavy (non-hydrogen) atoms. The molecule has 0 aliphatic heterocycles. The van der Waals surface area contributed by atoms with Gasteiger partial charge in [-0.1, -0.05) is 27.7 Å². The topological polar surface area (TPSA) is 29.1 Å². The minimum atomic E-state index is 0.195. The third kappa shape index (κ3) is 1.09. The predicted octanol–water partition coefficient (Wildman–Crippen LogP) is 1.46. The second kappa shape index (κ2) is 2.56. The number of hydrogen-bond donors (Lipinski definition) is 1. The predicted molar refractivity (Wildman–Crippen MR) is 50.0 cm³/mol. The van der Waals surface area contributed by atoms with E-state index in [1.165, 1.54) is 0 Å². The van der Waals surface area contributed by atoms with E-state index in [4.69, 9.17) is 0 Å². The first-order chi connectivity index (χ1) is 5.35. The van der Waals surface area contributed by atoms with Crippen LogP contribution in [0.3, 0.4) is 0 Å². The SMILES string of the molecule is CNCC(=O)C1C(C)(C)C1(C)C. The zero-order valence-electron chi connectivity index (χ0n) is 8.69. The highest BCUT2D eigenvalue weighted by atomic mass is 16.1. The van der Waals surface area contributed by atoms with Crippen LogP contribution in [0.25, 0.3) is 0 Å². The van der Waals surface area contributed by atoms with Gasteiger partial charge < -0.3 is 5.32 Å². The van der Waals surface area contributed by atoms with E-state index in [1.807, 2.05) is 7.05 Å². The molecule has 0 unspecified atom stereocenters. The maximum absolute atomic E-state index is 11.6. The van der Waals surface area contributed by atoms with Crippen LogP contribution >= 0.6 is 0 Å². The van der Waals surface area contributed by atoms with Crippen molar-refractivity contribution in [2.24, 2.45) is 16.7 Å². The van der Waals surface area contributed by atoms with Gasteiger partial charge in [0.15, 0.2) is 5.78 Å². The van der Waals surface area contributed by atoms with Gasteiger partial charge in [0.1, 0.15) is 0 Å². The Morgan fingerprint density at radius 2 is 1.67 bits per heavy atom. The van der Waals surface area contributed by atoms with Crippen molar-refractivity contribution in [3.8, 4) is 0 Å². The van der Waals surface area contributed by atoms with Gasteiger partial charge in [-0.2, -0.15) is 0 Å². The second-order valence-electron chi connectivity index (χ2n) is 4.87. The van der Waals surface area contributed by atoms with Crippen LogP contribution < -0.4 is 5.32 Å². The lowest BCUT2D eigenvalue weighted by Gasteiger charge is -2.03. The highest BCUT2D eigenvalue weighted by Gasteiger charge is 2.67. The summed E-state index contributed by atoms with van der Waals surface area (Å²) in [4.78, 5) is 11.6. The first kappa shape index (κ1) is 9.72. The van der Waals surface area contributed by atoms with Gasteiger partial charge in [-0.15, -0.1) is 0 Å². The van der Waals surface area contributed by atoms with Gasteiger partial charge in [-0.05, 0) is 17.9 Å². The van der Waals surface area contributed by atoms with Crippen LogP contribution in [0.5, 0.6) is 0 Å². The van der Waals surface area contributed by atoms with Crippen LogP contribution in [0, 0.1) is 16.7 Å². The lowest BCUT2D eigenvalue weighted by atomic mass is 10.0. The largest absolute Gasteiger partial charge is 0.313 e. The number of rotatable bonds is 3. The number of nitrogens with one attached hydrogen (secondary N) is 1. The molecule has 1 saturated carbocycles. The summed E-state index contributed by atoms with van der Waals surface area (Å²) in [6, 6.07) is 0. The normalized spacial score (nSPS) is 25.4. The standard InChI is InChI=1S/C10H19NO/c1-9(2)8(10(9,3)4)7(12)6-11-5/h8,11H,6H2,1-5H3. The fraction of sp³-hybridized carbons (Fsp3) is 0.900. The molecule has 0 amide bonds. The average Bonchev–Trinajstić information content (AvgIpc) is 2.24. The fourth-order valence-electron chi connectivity index (χ4n) is 2.28. The zero-order chi connectivity index (χ0) is 9.57. The van der Waals surface area contributed by atoms with E-state index >= 15 is 0 Å². The molecule has 0 heterocycles. The highest BCUT2D eigenvalue weighted by molar-refractivity contribution is 5.87. The summed E-state index contributed by atoms with van der Waals surface area (Å²) < 4.78 is 0. The Kier molecular flexibility index (Phi) is 2.07. The zero-order valence-corrected chi connectivity index (χ0v) is 8.69. The van der Waals surface area contributed by atoms with Crippen LogP contribution in [0.1, 0.15) is 27.7 Å². The first-order valence-electron chi connectivity index (χ1n) is 4.53. The first-order valence-corrected chi connectivity index (χ1v) is 4.53. The van der Waals surface area contributed by atoms with Crippen LogP contribution in [0.4, 0.5) is 0 Å². The van der Waals surface area contributed by atoms with Crippen molar-refractivity contribution in [2.75, 3.05) is 13.6 Å². The Labute approximate surface area is 74.7 Å². The molecular weight excluding hydrogens is 150 g/mol. The van der Waals surface area contributed by atoms with Crippen molar-refractivity contribution in [3.05, 3.63) is 0 Å². The molecule has 0 atom stereocenters. The molecule has 0 aromatic heterocycles. The van der Waals surface area contributed by atoms with Gasteiger partial charge in [-0.3, -0.25) is 4.79 Å². The number of ketones is 1. The van der Waals surface area contributed by atoms with Gasteiger partial charge in [0.2, 0.25) is 0 Å². The van der Waals surface area contributed by atoms with Crippen LogP contribution in [0.2, 0.25) is 0 Å². The Morgan fingerprint density at radius 3 is 1.92 bits per heavy atom. The number of Topliss-reactive ketones (excluding diaryl/α,β-unsaturated/α-hetero) is 1. The molecular formula is C10H19NO. The minimum absolute atomic E-state index is 0.195. The summed E-state index contributed by atoms with van der Waals surface area (Å²) in [6.07, 6.45) is 0. The van der Waals surface area contributed by atoms with Crippen molar-refractivity contribution >= 4 is 5.78 Å². The van der Waals surface area contributed by atoms with E-state index in [9.17, 15) is 4.79 Å². The van der Waals surface area contributed by atoms with E-state index in [0.29, 0.717) is 12.3 Å². The van der Waals surface area contributed by atoms with Crippen molar-refractivity contribution in [1.82, 2.24) is 5.32 Å². The van der Waals surface area contributed by atoms with Crippen LogP contribution in [-0.2, 0) is 4.79 Å². The fourth-order valence-corrected chi connectivity index (χ4v) is 2.28. The van der Waals surface area contributed by atoms with E-state index in [-0.39, 0.29) is 16.7 Å². The Bertz CT molecular complexity index is 192. The Hall–Kier alpha value is -0.370. The summed E-state index contributed by atoms with van der Waals surface area (Å²) in [5, 5.41) is 2.91. The molecule has 0 aromatic carbocycles. The highest BCUT2D eigenvalue weighted by Crippen LogP contribution is 2.68. The van der Waals surface area contributed by atoms with Crippen molar-refractivity contribution < 1.29 is 4.79 Å². The summed E-state index contributed by atoms with van der Waals surface area (Å²) in [5.74, 6) is 0.602. The molecule has 1 aliphatic carbocycles. The molecule has 0 aromatic rings. The average molecular weight is 169 g/mol. The maximum Gasteiger partial charge on any atom is 0.150 e. The van der Waals surface area contributed by atoms with Gasteiger partial charge in [0, 0.05) is 5.92 Å². The molecule has 70 valence electrons. The van der Waals surface area contributed by atoms with Gasteiger partial charge in [-0.25, -0.2) is 0 Å². The van der Waals surface area contributed by atoms with E-state index < -0.39 is 0 Å². The van der Waals surface area contributed by atoms with Crippen LogP contribution in [-0.4, -0.2) is 19.4 Å². The number of likely N-dealkylation sites (N-methyl/N-ethyl adjacent to an activating group) is 1. The summed E-state index contributed by atoms with van der Waals surface area (Å²) in [6.45, 7) is 9.20. The summed E-state index contributed by atoms with van der Waals surface area (Å²) in [7, 11) is 1.82. The number of hydrogen-bond acceptors (Lipinski definition) is 2. The van der Waals surface area contributed by atoms with E-state index in [1.54, 1.807) is 0 Å². The minimum Gasteiger partial charge on any atom is -0.313 e. The Balaban J connectivity index is 2.64. The molecule has 0 radical (unpaired) electrons.